The lowest BCUT2D eigenvalue weighted by Gasteiger charge is -2.05. The predicted molar refractivity (Wildman–Crippen MR) is 70.5 cm³/mol. The number of amides is 1. The largest absolute Gasteiger partial charge is 0.322 e. The van der Waals surface area contributed by atoms with Crippen molar-refractivity contribution < 1.29 is 4.79 Å². The Hall–Kier alpha value is -2.23. The molecule has 92 valence electrons. The van der Waals surface area contributed by atoms with Crippen molar-refractivity contribution in [2.45, 2.75) is 20.3 Å². The molecule has 1 amide bonds. The second kappa shape index (κ2) is 5.40. The first-order chi connectivity index (χ1) is 8.69. The maximum Gasteiger partial charge on any atom is 0.258 e. The summed E-state index contributed by atoms with van der Waals surface area (Å²) in [6.45, 7) is 3.88. The molecule has 2 rings (SSSR count). The molecule has 0 spiro atoms. The van der Waals surface area contributed by atoms with Crippen LogP contribution in [0.5, 0.6) is 0 Å². The van der Waals surface area contributed by atoms with Gasteiger partial charge in [-0.25, -0.2) is 9.97 Å². The number of aryl methyl sites for hydroxylation is 2. The number of anilines is 1. The van der Waals surface area contributed by atoms with E-state index < -0.39 is 0 Å². The van der Waals surface area contributed by atoms with Gasteiger partial charge in [-0.1, -0.05) is 19.1 Å². The third-order valence-electron chi connectivity index (χ3n) is 2.66. The molecule has 0 saturated carbocycles. The van der Waals surface area contributed by atoms with Crippen LogP contribution in [0.2, 0.25) is 0 Å². The molecule has 0 aliphatic carbocycles. The van der Waals surface area contributed by atoms with Crippen LogP contribution in [0, 0.1) is 6.92 Å². The Labute approximate surface area is 106 Å². The number of hydrogen-bond acceptors (Lipinski definition) is 3. The minimum absolute atomic E-state index is 0.195. The quantitative estimate of drug-likeness (QED) is 0.898. The van der Waals surface area contributed by atoms with E-state index in [0.29, 0.717) is 11.4 Å². The average Bonchev–Trinajstić information content (AvgIpc) is 2.40. The third-order valence-corrected chi connectivity index (χ3v) is 2.66. The lowest BCUT2D eigenvalue weighted by Crippen LogP contribution is -2.12. The second-order valence-corrected chi connectivity index (χ2v) is 4.02. The van der Waals surface area contributed by atoms with Crippen molar-refractivity contribution in [1.82, 2.24) is 9.97 Å². The first kappa shape index (κ1) is 12.2. The van der Waals surface area contributed by atoms with Gasteiger partial charge in [-0.15, -0.1) is 0 Å². The molecule has 18 heavy (non-hydrogen) atoms. The molecule has 4 nitrogen and oxygen atoms in total. The Bertz CT molecular complexity index is 532. The fourth-order valence-electron chi connectivity index (χ4n) is 1.54. The number of carbonyl (C=O) groups excluding carboxylic acids is 1. The van der Waals surface area contributed by atoms with Crippen molar-refractivity contribution in [3.8, 4) is 0 Å². The molecule has 0 radical (unpaired) electrons. The van der Waals surface area contributed by atoms with E-state index in [9.17, 15) is 4.79 Å². The van der Waals surface area contributed by atoms with Crippen LogP contribution in [0.25, 0.3) is 0 Å². The van der Waals surface area contributed by atoms with Gasteiger partial charge < -0.3 is 5.32 Å². The molecular weight excluding hydrogens is 226 g/mol. The number of aromatic nitrogens is 2. The zero-order chi connectivity index (χ0) is 13.0. The van der Waals surface area contributed by atoms with Crippen LogP contribution in [0.3, 0.4) is 0 Å². The van der Waals surface area contributed by atoms with Crippen molar-refractivity contribution in [1.29, 1.82) is 0 Å². The third kappa shape index (κ3) is 2.91. The van der Waals surface area contributed by atoms with E-state index in [0.717, 1.165) is 12.1 Å². The SMILES string of the molecule is CCc1ccc(NC(=O)c2cnc(C)nc2)cc1. The molecule has 0 saturated heterocycles. The zero-order valence-electron chi connectivity index (χ0n) is 10.5. The van der Waals surface area contributed by atoms with E-state index >= 15 is 0 Å². The Morgan fingerprint density at radius 3 is 2.33 bits per heavy atom. The highest BCUT2D eigenvalue weighted by Gasteiger charge is 2.06. The average molecular weight is 241 g/mol. The summed E-state index contributed by atoms with van der Waals surface area (Å²) in [6.07, 6.45) is 4.04. The van der Waals surface area contributed by atoms with Gasteiger partial charge in [0.05, 0.1) is 5.56 Å². The first-order valence-corrected chi connectivity index (χ1v) is 5.88. The Morgan fingerprint density at radius 2 is 1.78 bits per heavy atom. The minimum Gasteiger partial charge on any atom is -0.322 e. The Balaban J connectivity index is 2.08. The molecule has 0 aliphatic heterocycles. The summed E-state index contributed by atoms with van der Waals surface area (Å²) in [5.74, 6) is 0.457. The summed E-state index contributed by atoms with van der Waals surface area (Å²) in [4.78, 5) is 19.9. The van der Waals surface area contributed by atoms with Crippen molar-refractivity contribution in [3.63, 3.8) is 0 Å². The van der Waals surface area contributed by atoms with Gasteiger partial charge in [0.2, 0.25) is 0 Å². The predicted octanol–water partition coefficient (Wildman–Crippen LogP) is 2.60. The van der Waals surface area contributed by atoms with E-state index in [1.54, 1.807) is 6.92 Å². The van der Waals surface area contributed by atoms with Crippen LogP contribution >= 0.6 is 0 Å². The van der Waals surface area contributed by atoms with Crippen LogP contribution in [0.1, 0.15) is 28.7 Å². The maximum atomic E-state index is 11.9. The van der Waals surface area contributed by atoms with Crippen LogP contribution in [0.4, 0.5) is 5.69 Å². The molecule has 1 N–H and O–H groups in total. The molecule has 1 heterocycles. The van der Waals surface area contributed by atoms with Gasteiger partial charge in [0, 0.05) is 18.1 Å². The van der Waals surface area contributed by atoms with Crippen molar-refractivity contribution in [2.75, 3.05) is 5.32 Å². The topological polar surface area (TPSA) is 54.9 Å². The summed E-state index contributed by atoms with van der Waals surface area (Å²) < 4.78 is 0. The number of hydrogen-bond donors (Lipinski definition) is 1. The number of nitrogens with zero attached hydrogens (tertiary/aromatic N) is 2. The molecule has 4 heteroatoms. The van der Waals surface area contributed by atoms with Crippen molar-refractivity contribution in [3.05, 3.63) is 53.6 Å². The monoisotopic (exact) mass is 241 g/mol. The van der Waals surface area contributed by atoms with Crippen LogP contribution in [0.15, 0.2) is 36.7 Å². The second-order valence-electron chi connectivity index (χ2n) is 4.02. The molecule has 0 unspecified atom stereocenters. The van der Waals surface area contributed by atoms with E-state index in [1.807, 2.05) is 24.3 Å². The van der Waals surface area contributed by atoms with E-state index in [4.69, 9.17) is 0 Å². The van der Waals surface area contributed by atoms with Crippen LogP contribution in [-0.2, 0) is 6.42 Å². The van der Waals surface area contributed by atoms with Gasteiger partial charge in [0.25, 0.3) is 5.91 Å². The maximum absolute atomic E-state index is 11.9. The van der Waals surface area contributed by atoms with Gasteiger partial charge in [0.1, 0.15) is 5.82 Å². The number of carbonyl (C=O) groups is 1. The fourth-order valence-corrected chi connectivity index (χ4v) is 1.54. The van der Waals surface area contributed by atoms with Crippen molar-refractivity contribution in [2.24, 2.45) is 0 Å². The standard InChI is InChI=1S/C14H15N3O/c1-3-11-4-6-13(7-5-11)17-14(18)12-8-15-10(2)16-9-12/h4-9H,3H2,1-2H3,(H,17,18). The summed E-state index contributed by atoms with van der Waals surface area (Å²) in [5, 5.41) is 2.81. The number of benzene rings is 1. The van der Waals surface area contributed by atoms with Crippen molar-refractivity contribution >= 4 is 11.6 Å². The molecular formula is C14H15N3O. The summed E-state index contributed by atoms with van der Waals surface area (Å²) in [6, 6.07) is 7.79. The van der Waals surface area contributed by atoms with Gasteiger partial charge in [-0.05, 0) is 31.0 Å². The van der Waals surface area contributed by atoms with Gasteiger partial charge >= 0.3 is 0 Å². The molecule has 0 bridgehead atoms. The van der Waals surface area contributed by atoms with Gasteiger partial charge in [0.15, 0.2) is 0 Å². The molecule has 0 fully saturated rings. The lowest BCUT2D eigenvalue weighted by atomic mass is 10.1. The molecule has 0 atom stereocenters. The smallest absolute Gasteiger partial charge is 0.258 e. The molecule has 1 aromatic carbocycles. The molecule has 2 aromatic rings. The highest BCUT2D eigenvalue weighted by atomic mass is 16.1. The Kier molecular flexibility index (Phi) is 3.67. The van der Waals surface area contributed by atoms with E-state index in [2.05, 4.69) is 22.2 Å². The first-order valence-electron chi connectivity index (χ1n) is 5.88. The number of rotatable bonds is 3. The lowest BCUT2D eigenvalue weighted by molar-refractivity contribution is 0.102. The number of nitrogens with one attached hydrogen (secondary N) is 1. The van der Waals surface area contributed by atoms with E-state index in [1.165, 1.54) is 18.0 Å². The van der Waals surface area contributed by atoms with Gasteiger partial charge in [-0.2, -0.15) is 0 Å². The summed E-state index contributed by atoms with van der Waals surface area (Å²) in [7, 11) is 0. The normalized spacial score (nSPS) is 10.1. The van der Waals surface area contributed by atoms with Crippen LogP contribution < -0.4 is 5.32 Å². The molecule has 1 aromatic heterocycles. The summed E-state index contributed by atoms with van der Waals surface area (Å²) in [5.41, 5.74) is 2.48. The van der Waals surface area contributed by atoms with Gasteiger partial charge in [-0.3, -0.25) is 4.79 Å². The minimum atomic E-state index is -0.195. The zero-order valence-corrected chi connectivity index (χ0v) is 10.5. The highest BCUT2D eigenvalue weighted by Crippen LogP contribution is 2.11. The Morgan fingerprint density at radius 1 is 1.17 bits per heavy atom. The van der Waals surface area contributed by atoms with Crippen LogP contribution in [-0.4, -0.2) is 15.9 Å². The van der Waals surface area contributed by atoms with E-state index in [-0.39, 0.29) is 5.91 Å². The summed E-state index contributed by atoms with van der Waals surface area (Å²) >= 11 is 0. The fraction of sp³-hybridized carbons (Fsp3) is 0.214. The highest BCUT2D eigenvalue weighted by molar-refractivity contribution is 6.03. The molecule has 0 aliphatic rings.